The number of ether oxygens (including phenoxy) is 2. The average molecular weight is 483 g/mol. The van der Waals surface area contributed by atoms with E-state index in [0.717, 1.165) is 12.3 Å². The van der Waals surface area contributed by atoms with Crippen LogP contribution in [0.15, 0.2) is 35.5 Å². The number of nitrogens with one attached hydrogen (secondary N) is 1. The summed E-state index contributed by atoms with van der Waals surface area (Å²) in [5.74, 6) is -0.139. The van der Waals surface area contributed by atoms with E-state index >= 15 is 0 Å². The first kappa shape index (κ1) is 24.6. The van der Waals surface area contributed by atoms with Crippen molar-refractivity contribution in [2.75, 3.05) is 24.7 Å². The van der Waals surface area contributed by atoms with E-state index in [1.165, 1.54) is 29.6 Å². The van der Waals surface area contributed by atoms with Crippen LogP contribution >= 0.6 is 0 Å². The molecule has 0 amide bonds. The number of carbonyl (C=O) groups is 1. The third-order valence-electron chi connectivity index (χ3n) is 4.55. The Morgan fingerprint density at radius 2 is 1.88 bits per heavy atom. The second-order valence-electron chi connectivity index (χ2n) is 8.58. The largest absolute Gasteiger partial charge is 0.528 e. The summed E-state index contributed by atoms with van der Waals surface area (Å²) in [5.41, 5.74) is -0.560. The molecule has 1 fully saturated rings. The number of benzene rings is 1. The van der Waals surface area contributed by atoms with Crippen LogP contribution in [0, 0.1) is 5.82 Å². The van der Waals surface area contributed by atoms with Crippen LogP contribution in [0.2, 0.25) is 0 Å². The van der Waals surface area contributed by atoms with E-state index in [4.69, 9.17) is 14.3 Å². The number of aromatic nitrogens is 2. The van der Waals surface area contributed by atoms with Gasteiger partial charge in [-0.15, -0.1) is 5.06 Å². The number of piperidine rings is 1. The van der Waals surface area contributed by atoms with Gasteiger partial charge >= 0.3 is 6.16 Å². The molecule has 1 aliphatic rings. The number of hydrogen-bond donors (Lipinski definition) is 1. The maximum atomic E-state index is 14.3. The zero-order valence-electron chi connectivity index (χ0n) is 18.9. The molecule has 0 bridgehead atoms. The number of sulfone groups is 1. The third-order valence-corrected chi connectivity index (χ3v) is 5.67. The van der Waals surface area contributed by atoms with Gasteiger partial charge in [-0.2, -0.15) is 0 Å². The van der Waals surface area contributed by atoms with Crippen molar-refractivity contribution in [2.45, 2.75) is 50.2 Å². The summed E-state index contributed by atoms with van der Waals surface area (Å²) in [4.78, 5) is 25.0. The average Bonchev–Trinajstić information content (AvgIpc) is 2.69. The second kappa shape index (κ2) is 9.87. The molecule has 0 spiro atoms. The molecule has 1 aromatic carbocycles. The van der Waals surface area contributed by atoms with Crippen LogP contribution in [0.1, 0.15) is 33.6 Å². The first-order chi connectivity index (χ1) is 15.4. The highest BCUT2D eigenvalue weighted by atomic mass is 32.2. The maximum Gasteiger partial charge on any atom is 0.528 e. The number of hydroxylamine groups is 2. The van der Waals surface area contributed by atoms with Gasteiger partial charge < -0.3 is 19.6 Å². The predicted octanol–water partition coefficient (Wildman–Crippen LogP) is 3.47. The molecule has 2 heterocycles. The molecular formula is C21H27FN4O6S. The molecule has 0 unspecified atom stereocenters. The van der Waals surface area contributed by atoms with Gasteiger partial charge in [0.15, 0.2) is 9.84 Å². The quantitative estimate of drug-likeness (QED) is 0.613. The number of rotatable bonds is 6. The van der Waals surface area contributed by atoms with E-state index in [-0.39, 0.29) is 22.5 Å². The number of halogens is 1. The number of carbonyl (C=O) groups excluding carboxylic acids is 1. The molecule has 12 heteroatoms. The van der Waals surface area contributed by atoms with E-state index in [0.29, 0.717) is 31.8 Å². The van der Waals surface area contributed by atoms with Crippen molar-refractivity contribution in [3.8, 4) is 5.88 Å². The van der Waals surface area contributed by atoms with Crippen LogP contribution in [0.5, 0.6) is 5.88 Å². The van der Waals surface area contributed by atoms with Crippen LogP contribution in [-0.2, 0) is 19.4 Å². The van der Waals surface area contributed by atoms with E-state index < -0.39 is 27.4 Å². The van der Waals surface area contributed by atoms with E-state index in [9.17, 15) is 17.6 Å². The number of nitrogens with zero attached hydrogens (tertiary/aromatic N) is 3. The van der Waals surface area contributed by atoms with Gasteiger partial charge in [0, 0.05) is 38.3 Å². The lowest BCUT2D eigenvalue weighted by Gasteiger charge is -2.30. The molecule has 180 valence electrons. The number of anilines is 2. The molecule has 2 aromatic rings. The Morgan fingerprint density at radius 3 is 2.48 bits per heavy atom. The molecule has 1 saturated heterocycles. The first-order valence-corrected chi connectivity index (χ1v) is 12.2. The second-order valence-corrected chi connectivity index (χ2v) is 10.6. The van der Waals surface area contributed by atoms with Crippen molar-refractivity contribution in [3.63, 3.8) is 0 Å². The van der Waals surface area contributed by atoms with E-state index in [1.807, 2.05) is 0 Å². The minimum Gasteiger partial charge on any atom is -0.474 e. The number of hydrogen-bond acceptors (Lipinski definition) is 10. The van der Waals surface area contributed by atoms with Crippen molar-refractivity contribution in [1.29, 1.82) is 0 Å². The van der Waals surface area contributed by atoms with Crippen molar-refractivity contribution >= 4 is 27.5 Å². The highest BCUT2D eigenvalue weighted by Gasteiger charge is 2.26. The fourth-order valence-corrected chi connectivity index (χ4v) is 3.66. The summed E-state index contributed by atoms with van der Waals surface area (Å²) in [5, 5.41) is 4.33. The fourth-order valence-electron chi connectivity index (χ4n) is 3.02. The van der Waals surface area contributed by atoms with Crippen molar-refractivity contribution in [2.24, 2.45) is 0 Å². The molecule has 3 rings (SSSR count). The van der Waals surface area contributed by atoms with Gasteiger partial charge in [0.05, 0.1) is 10.6 Å². The predicted molar refractivity (Wildman–Crippen MR) is 117 cm³/mol. The molecule has 0 aliphatic carbocycles. The van der Waals surface area contributed by atoms with Gasteiger partial charge in [0.2, 0.25) is 5.88 Å². The van der Waals surface area contributed by atoms with Gasteiger partial charge in [-0.25, -0.2) is 27.6 Å². The van der Waals surface area contributed by atoms with Crippen molar-refractivity contribution in [3.05, 3.63) is 36.4 Å². The van der Waals surface area contributed by atoms with Crippen LogP contribution in [0.25, 0.3) is 0 Å². The van der Waals surface area contributed by atoms with Gasteiger partial charge in [-0.1, -0.05) is 0 Å². The Hall–Kier alpha value is -2.99. The highest BCUT2D eigenvalue weighted by molar-refractivity contribution is 7.90. The summed E-state index contributed by atoms with van der Waals surface area (Å²) >= 11 is 0. The standard InChI is InChI=1S/C21H27FN4O6S/c1-21(2,3)31-20(27)32-26-9-7-14(8-10-26)30-19-12-18(23-13-24-19)25-17-6-5-15(11-16(17)22)33(4,28)29/h5-6,11-14H,7-10H2,1-4H3,(H,23,24,25). The lowest BCUT2D eigenvalue weighted by molar-refractivity contribution is -0.159. The summed E-state index contributed by atoms with van der Waals surface area (Å²) in [6.07, 6.45) is 2.58. The lowest BCUT2D eigenvalue weighted by Crippen LogP contribution is -2.40. The Labute approximate surface area is 191 Å². The van der Waals surface area contributed by atoms with Crippen LogP contribution in [0.3, 0.4) is 0 Å². The van der Waals surface area contributed by atoms with E-state index in [1.54, 1.807) is 20.8 Å². The summed E-state index contributed by atoms with van der Waals surface area (Å²) in [6, 6.07) is 5.11. The fraction of sp³-hybridized carbons (Fsp3) is 0.476. The van der Waals surface area contributed by atoms with Crippen LogP contribution < -0.4 is 10.1 Å². The maximum absolute atomic E-state index is 14.3. The zero-order valence-corrected chi connectivity index (χ0v) is 19.7. The normalized spacial score (nSPS) is 15.7. The Bertz CT molecular complexity index is 1100. The van der Waals surface area contributed by atoms with Crippen molar-refractivity contribution < 1.29 is 31.9 Å². The molecule has 1 aromatic heterocycles. The molecule has 0 saturated carbocycles. The monoisotopic (exact) mass is 482 g/mol. The minimum absolute atomic E-state index is 0.0691. The van der Waals surface area contributed by atoms with Gasteiger partial charge in [0.25, 0.3) is 0 Å². The Morgan fingerprint density at radius 1 is 1.18 bits per heavy atom. The minimum atomic E-state index is -3.51. The smallest absolute Gasteiger partial charge is 0.474 e. The first-order valence-electron chi connectivity index (χ1n) is 10.3. The van der Waals surface area contributed by atoms with Crippen LogP contribution in [0.4, 0.5) is 20.7 Å². The molecule has 0 radical (unpaired) electrons. The summed E-state index contributed by atoms with van der Waals surface area (Å²) < 4.78 is 48.5. The third kappa shape index (κ3) is 7.53. The molecule has 0 atom stereocenters. The SMILES string of the molecule is CC(C)(C)OC(=O)ON1CCC(Oc2cc(Nc3ccc(S(C)(=O)=O)cc3F)ncn2)CC1. The van der Waals surface area contributed by atoms with Gasteiger partial charge in [0.1, 0.15) is 29.7 Å². The molecule has 10 nitrogen and oxygen atoms in total. The molecule has 1 N–H and O–H groups in total. The van der Waals surface area contributed by atoms with Gasteiger partial charge in [-0.05, 0) is 39.0 Å². The highest BCUT2D eigenvalue weighted by Crippen LogP contribution is 2.24. The Kier molecular flexibility index (Phi) is 7.38. The summed E-state index contributed by atoms with van der Waals surface area (Å²) in [7, 11) is -3.51. The molecule has 1 aliphatic heterocycles. The van der Waals surface area contributed by atoms with Gasteiger partial charge in [-0.3, -0.25) is 0 Å². The molecular weight excluding hydrogens is 455 g/mol. The van der Waals surface area contributed by atoms with Crippen molar-refractivity contribution in [1.82, 2.24) is 15.0 Å². The summed E-state index contributed by atoms with van der Waals surface area (Å²) in [6.45, 7) is 6.23. The van der Waals surface area contributed by atoms with Crippen LogP contribution in [-0.4, -0.2) is 60.7 Å². The van der Waals surface area contributed by atoms with E-state index in [2.05, 4.69) is 15.3 Å². The molecule has 33 heavy (non-hydrogen) atoms. The Balaban J connectivity index is 1.54. The topological polar surface area (TPSA) is 120 Å². The lowest BCUT2D eigenvalue weighted by atomic mass is 10.1. The zero-order chi connectivity index (χ0) is 24.2.